The van der Waals surface area contributed by atoms with Crippen LogP contribution in [0.15, 0.2) is 59.8 Å². The summed E-state index contributed by atoms with van der Waals surface area (Å²) in [5.74, 6) is 0.450. The summed E-state index contributed by atoms with van der Waals surface area (Å²) in [5.41, 5.74) is 3.34. The summed E-state index contributed by atoms with van der Waals surface area (Å²) in [5, 5.41) is 19.8. The third-order valence-electron chi connectivity index (χ3n) is 5.54. The molecule has 3 aromatic heterocycles. The predicted octanol–water partition coefficient (Wildman–Crippen LogP) is 5.58. The number of nitrogens with one attached hydrogen (secondary N) is 2. The zero-order valence-corrected chi connectivity index (χ0v) is 19.2. The van der Waals surface area contributed by atoms with Crippen LogP contribution in [0.25, 0.3) is 32.8 Å². The van der Waals surface area contributed by atoms with Gasteiger partial charge in [-0.3, -0.25) is 9.48 Å². The Balaban J connectivity index is 1.71. The minimum absolute atomic E-state index is 0.229. The number of halogens is 2. The van der Waals surface area contributed by atoms with E-state index in [9.17, 15) is 9.90 Å². The van der Waals surface area contributed by atoms with Crippen molar-refractivity contribution in [1.29, 1.82) is 0 Å². The van der Waals surface area contributed by atoms with E-state index in [1.54, 1.807) is 42.2 Å². The maximum atomic E-state index is 12.9. The number of anilines is 2. The number of aliphatic hydroxyl groups excluding tert-OH is 1. The lowest BCUT2D eigenvalue weighted by atomic mass is 10.0. The molecule has 166 valence electrons. The number of aryl methyl sites for hydroxylation is 1. The van der Waals surface area contributed by atoms with E-state index in [-0.39, 0.29) is 5.56 Å². The Labute approximate surface area is 198 Å². The van der Waals surface area contributed by atoms with Crippen LogP contribution in [0.1, 0.15) is 18.6 Å². The van der Waals surface area contributed by atoms with Crippen molar-refractivity contribution >= 4 is 56.4 Å². The van der Waals surface area contributed by atoms with Gasteiger partial charge in [0.05, 0.1) is 38.9 Å². The molecule has 5 aromatic rings. The second kappa shape index (κ2) is 8.19. The van der Waals surface area contributed by atoms with Gasteiger partial charge in [-0.25, -0.2) is 4.98 Å². The van der Waals surface area contributed by atoms with Crippen LogP contribution in [0, 0.1) is 0 Å². The van der Waals surface area contributed by atoms with Crippen LogP contribution >= 0.6 is 23.2 Å². The number of benzene rings is 2. The van der Waals surface area contributed by atoms with E-state index in [4.69, 9.17) is 28.2 Å². The van der Waals surface area contributed by atoms with Crippen molar-refractivity contribution in [2.45, 2.75) is 13.0 Å². The van der Waals surface area contributed by atoms with Crippen molar-refractivity contribution in [3.63, 3.8) is 0 Å². The summed E-state index contributed by atoms with van der Waals surface area (Å²) in [7, 11) is 1.86. The van der Waals surface area contributed by atoms with Gasteiger partial charge >= 0.3 is 0 Å². The molecule has 3 heterocycles. The van der Waals surface area contributed by atoms with Crippen LogP contribution in [-0.4, -0.2) is 24.9 Å². The van der Waals surface area contributed by atoms with Crippen molar-refractivity contribution in [2.75, 3.05) is 5.32 Å². The molecule has 2 aromatic carbocycles. The van der Waals surface area contributed by atoms with Crippen molar-refractivity contribution in [3.05, 3.63) is 81.0 Å². The van der Waals surface area contributed by atoms with E-state index in [2.05, 4.69) is 15.4 Å². The largest absolute Gasteiger partial charge is 0.389 e. The van der Waals surface area contributed by atoms with Crippen molar-refractivity contribution in [3.8, 4) is 11.1 Å². The van der Waals surface area contributed by atoms with Gasteiger partial charge in [0.2, 0.25) is 0 Å². The van der Waals surface area contributed by atoms with Gasteiger partial charge in [0.25, 0.3) is 5.56 Å². The Bertz CT molecular complexity index is 1570. The smallest absolute Gasteiger partial charge is 0.256 e. The molecule has 0 amide bonds. The fourth-order valence-electron chi connectivity index (χ4n) is 3.87. The summed E-state index contributed by atoms with van der Waals surface area (Å²) in [6.07, 6.45) is 4.56. The molecular formula is C24H19Cl2N5O2. The number of fused-ring (bicyclic) bond motifs is 3. The van der Waals surface area contributed by atoms with Crippen molar-refractivity contribution < 1.29 is 5.11 Å². The van der Waals surface area contributed by atoms with E-state index in [0.29, 0.717) is 43.4 Å². The third kappa shape index (κ3) is 3.84. The number of aliphatic hydroxyl groups is 1. The summed E-state index contributed by atoms with van der Waals surface area (Å²) >= 11 is 12.9. The van der Waals surface area contributed by atoms with Gasteiger partial charge in [0, 0.05) is 35.8 Å². The highest BCUT2D eigenvalue weighted by Crippen LogP contribution is 2.38. The average molecular weight is 480 g/mol. The molecule has 3 N–H and O–H groups in total. The number of aromatic amines is 1. The quantitative estimate of drug-likeness (QED) is 0.292. The lowest BCUT2D eigenvalue weighted by molar-refractivity contribution is 0.199. The molecule has 5 rings (SSSR count). The molecule has 0 bridgehead atoms. The molecule has 0 fully saturated rings. The van der Waals surface area contributed by atoms with E-state index in [0.717, 1.165) is 16.5 Å². The first-order valence-electron chi connectivity index (χ1n) is 10.2. The van der Waals surface area contributed by atoms with Gasteiger partial charge in [-0.15, -0.1) is 0 Å². The molecule has 1 atom stereocenters. The predicted molar refractivity (Wildman–Crippen MR) is 132 cm³/mol. The first-order valence-corrected chi connectivity index (χ1v) is 11.0. The average Bonchev–Trinajstić information content (AvgIpc) is 3.22. The molecule has 0 aliphatic heterocycles. The summed E-state index contributed by atoms with van der Waals surface area (Å²) in [6, 6.07) is 10.8. The highest BCUT2D eigenvalue weighted by atomic mass is 35.5. The molecule has 0 aliphatic carbocycles. The molecular weight excluding hydrogens is 461 g/mol. The van der Waals surface area contributed by atoms with Gasteiger partial charge in [-0.2, -0.15) is 5.10 Å². The van der Waals surface area contributed by atoms with E-state index in [1.165, 1.54) is 0 Å². The number of nitrogens with zero attached hydrogens (tertiary/aromatic N) is 3. The number of aromatic nitrogens is 4. The highest BCUT2D eigenvalue weighted by molar-refractivity contribution is 6.39. The Hall–Kier alpha value is -3.39. The lowest BCUT2D eigenvalue weighted by Crippen LogP contribution is -2.08. The maximum absolute atomic E-state index is 12.9. The summed E-state index contributed by atoms with van der Waals surface area (Å²) < 4.78 is 1.73. The summed E-state index contributed by atoms with van der Waals surface area (Å²) in [6.45, 7) is 1.64. The Morgan fingerprint density at radius 1 is 1.09 bits per heavy atom. The molecule has 7 nitrogen and oxygen atoms in total. The summed E-state index contributed by atoms with van der Waals surface area (Å²) in [4.78, 5) is 20.4. The first-order chi connectivity index (χ1) is 15.8. The topological polar surface area (TPSA) is 95.8 Å². The minimum atomic E-state index is -0.707. The van der Waals surface area contributed by atoms with Crippen LogP contribution in [0.2, 0.25) is 10.0 Å². The Morgan fingerprint density at radius 2 is 1.85 bits per heavy atom. The van der Waals surface area contributed by atoms with Crippen molar-refractivity contribution in [2.24, 2.45) is 7.05 Å². The van der Waals surface area contributed by atoms with E-state index >= 15 is 0 Å². The normalized spacial score (nSPS) is 12.4. The minimum Gasteiger partial charge on any atom is -0.389 e. The van der Waals surface area contributed by atoms with Gasteiger partial charge < -0.3 is 15.4 Å². The molecule has 0 saturated heterocycles. The Kier molecular flexibility index (Phi) is 5.32. The van der Waals surface area contributed by atoms with Gasteiger partial charge in [0.15, 0.2) is 0 Å². The number of pyridine rings is 2. The fourth-order valence-corrected chi connectivity index (χ4v) is 4.47. The zero-order chi connectivity index (χ0) is 23.3. The third-order valence-corrected chi connectivity index (χ3v) is 6.14. The maximum Gasteiger partial charge on any atom is 0.256 e. The lowest BCUT2D eigenvalue weighted by Gasteiger charge is -2.15. The number of rotatable bonds is 4. The molecule has 33 heavy (non-hydrogen) atoms. The molecule has 0 spiro atoms. The Morgan fingerprint density at radius 3 is 2.52 bits per heavy atom. The molecule has 0 radical (unpaired) electrons. The van der Waals surface area contributed by atoms with Crippen LogP contribution in [0.4, 0.5) is 11.5 Å². The fraction of sp³-hybridized carbons (Fsp3) is 0.125. The van der Waals surface area contributed by atoms with Crippen LogP contribution in [0.3, 0.4) is 0 Å². The standard InChI is InChI=1S/C24H19Cl2N5O2/c1-12(32)14-8-18(25)22(19(26)9-14)30-23-16-5-6-27-24(33)21(16)17-7-13(3-4-20(17)29-23)15-10-28-31(2)11-15/h3-12,32H,1-2H3,(H,27,33)(H,29,30)/t12-/m0/s1. The van der Waals surface area contributed by atoms with Crippen LogP contribution in [0.5, 0.6) is 0 Å². The van der Waals surface area contributed by atoms with Crippen molar-refractivity contribution in [1.82, 2.24) is 19.7 Å². The molecule has 0 unspecified atom stereocenters. The zero-order valence-electron chi connectivity index (χ0n) is 17.7. The number of hydrogen-bond acceptors (Lipinski definition) is 5. The van der Waals surface area contributed by atoms with Crippen LogP contribution < -0.4 is 10.9 Å². The van der Waals surface area contributed by atoms with E-state index in [1.807, 2.05) is 31.4 Å². The van der Waals surface area contributed by atoms with Gasteiger partial charge in [0.1, 0.15) is 5.82 Å². The van der Waals surface area contributed by atoms with Gasteiger partial charge in [-0.05, 0) is 48.4 Å². The second-order valence-corrected chi connectivity index (χ2v) is 8.67. The van der Waals surface area contributed by atoms with E-state index < -0.39 is 6.10 Å². The monoisotopic (exact) mass is 479 g/mol. The highest BCUT2D eigenvalue weighted by Gasteiger charge is 2.16. The molecule has 0 saturated carbocycles. The number of hydrogen-bond donors (Lipinski definition) is 3. The SMILES string of the molecule is C[C@H](O)c1cc(Cl)c(Nc2nc3ccc(-c4cnn(C)c4)cc3c3c(=O)[nH]ccc23)c(Cl)c1. The molecule has 9 heteroatoms. The second-order valence-electron chi connectivity index (χ2n) is 7.85. The molecule has 0 aliphatic rings. The van der Waals surface area contributed by atoms with Gasteiger partial charge in [-0.1, -0.05) is 29.3 Å². The first kappa shape index (κ1) is 21.5. The van der Waals surface area contributed by atoms with Crippen LogP contribution in [-0.2, 0) is 7.05 Å². The number of H-pyrrole nitrogens is 1.